The number of aromatic nitrogens is 2. The topological polar surface area (TPSA) is 47.3 Å². The summed E-state index contributed by atoms with van der Waals surface area (Å²) >= 11 is 0. The number of hydrogen-bond donors (Lipinski definition) is 0. The highest BCUT2D eigenvalue weighted by Crippen LogP contribution is 2.40. The fraction of sp³-hybridized carbons (Fsp3) is 0.517. The molecular weight excluding hydrogens is 448 g/mol. The lowest BCUT2D eigenvalue weighted by Gasteiger charge is -2.44. The summed E-state index contributed by atoms with van der Waals surface area (Å²) in [5.74, 6) is 0. The van der Waals surface area contributed by atoms with E-state index in [1.165, 1.54) is 35.2 Å². The van der Waals surface area contributed by atoms with Gasteiger partial charge >= 0.3 is 0 Å². The van der Waals surface area contributed by atoms with E-state index in [1.54, 1.807) is 0 Å². The van der Waals surface area contributed by atoms with Crippen LogP contribution in [0.15, 0.2) is 48.8 Å². The Kier molecular flexibility index (Phi) is 6.44. The zero-order valence-electron chi connectivity index (χ0n) is 21.5. The normalized spacial score (nSPS) is 21.0. The molecule has 1 aromatic carbocycles. The number of fused-ring (bicyclic) bond motifs is 1. The van der Waals surface area contributed by atoms with Crippen LogP contribution in [0.2, 0.25) is 0 Å². The maximum Gasteiger partial charge on any atom is 0.127 e. The average molecular weight is 487 g/mol. The van der Waals surface area contributed by atoms with Crippen molar-refractivity contribution in [1.29, 1.82) is 0 Å². The Morgan fingerprint density at radius 2 is 1.56 bits per heavy atom. The largest absolute Gasteiger partial charge is 0.369 e. The van der Waals surface area contributed by atoms with Crippen molar-refractivity contribution in [2.24, 2.45) is 5.41 Å². The van der Waals surface area contributed by atoms with Crippen LogP contribution in [0.4, 0.5) is 11.4 Å². The van der Waals surface area contributed by atoms with Crippen LogP contribution in [-0.2, 0) is 4.79 Å². The van der Waals surface area contributed by atoms with Gasteiger partial charge in [-0.1, -0.05) is 25.5 Å². The molecule has 0 atom stereocenters. The Morgan fingerprint density at radius 3 is 2.19 bits per heavy atom. The zero-order chi connectivity index (χ0) is 24.5. The molecule has 0 spiro atoms. The van der Waals surface area contributed by atoms with Gasteiger partial charge in [-0.25, -0.2) is 4.52 Å². The fourth-order valence-corrected chi connectivity index (χ4v) is 6.15. The van der Waals surface area contributed by atoms with E-state index in [2.05, 4.69) is 74.2 Å². The third-order valence-electron chi connectivity index (χ3n) is 8.72. The minimum Gasteiger partial charge on any atom is -0.369 e. The van der Waals surface area contributed by atoms with Gasteiger partial charge in [0, 0.05) is 88.0 Å². The monoisotopic (exact) mass is 486 g/mol. The molecule has 3 aliphatic rings. The number of carbonyl (C=O) groups excluding carboxylic acids is 1. The molecule has 36 heavy (non-hydrogen) atoms. The molecule has 2 aromatic heterocycles. The van der Waals surface area contributed by atoms with Crippen LogP contribution in [0, 0.1) is 5.41 Å². The van der Waals surface area contributed by atoms with Crippen LogP contribution in [-0.4, -0.2) is 91.1 Å². The lowest BCUT2D eigenvalue weighted by Crippen LogP contribution is -2.52. The van der Waals surface area contributed by atoms with E-state index in [0.29, 0.717) is 0 Å². The molecule has 6 rings (SSSR count). The van der Waals surface area contributed by atoms with Crippen molar-refractivity contribution in [2.45, 2.75) is 26.2 Å². The predicted octanol–water partition coefficient (Wildman–Crippen LogP) is 3.63. The van der Waals surface area contributed by atoms with Gasteiger partial charge in [0.2, 0.25) is 0 Å². The van der Waals surface area contributed by atoms with Crippen molar-refractivity contribution in [3.05, 3.63) is 48.8 Å². The molecule has 7 heteroatoms. The molecular formula is C29H38N6O. The summed E-state index contributed by atoms with van der Waals surface area (Å²) in [7, 11) is 0. The first-order chi connectivity index (χ1) is 17.7. The van der Waals surface area contributed by atoms with E-state index < -0.39 is 0 Å². The molecule has 0 bridgehead atoms. The van der Waals surface area contributed by atoms with E-state index in [0.717, 1.165) is 83.8 Å². The summed E-state index contributed by atoms with van der Waals surface area (Å²) in [6, 6.07) is 13.4. The summed E-state index contributed by atoms with van der Waals surface area (Å²) in [5.41, 5.74) is 6.08. The molecule has 3 aromatic rings. The van der Waals surface area contributed by atoms with Gasteiger partial charge < -0.3 is 19.5 Å². The second-order valence-electron chi connectivity index (χ2n) is 10.8. The summed E-state index contributed by atoms with van der Waals surface area (Å²) in [6.07, 6.45) is 8.59. The Balaban J connectivity index is 1.15. The minimum absolute atomic E-state index is 0.0675. The quantitative estimate of drug-likeness (QED) is 0.476. The second kappa shape index (κ2) is 9.87. The number of rotatable bonds is 7. The molecule has 1 saturated carbocycles. The molecule has 0 radical (unpaired) electrons. The first-order valence-corrected chi connectivity index (χ1v) is 13.7. The average Bonchev–Trinajstić information content (AvgIpc) is 3.36. The summed E-state index contributed by atoms with van der Waals surface area (Å²) in [5, 5.41) is 4.61. The van der Waals surface area contributed by atoms with Crippen LogP contribution in [0.3, 0.4) is 0 Å². The van der Waals surface area contributed by atoms with E-state index in [9.17, 15) is 4.79 Å². The molecule has 2 aliphatic heterocycles. The number of hydrogen-bond acceptors (Lipinski definition) is 6. The number of likely N-dealkylation sites (N-methyl/N-ethyl adjacent to an activating group) is 1. The van der Waals surface area contributed by atoms with Crippen molar-refractivity contribution in [3.63, 3.8) is 0 Å². The van der Waals surface area contributed by atoms with Gasteiger partial charge in [-0.3, -0.25) is 4.90 Å². The van der Waals surface area contributed by atoms with Gasteiger partial charge in [0.15, 0.2) is 0 Å². The van der Waals surface area contributed by atoms with Gasteiger partial charge in [0.25, 0.3) is 0 Å². The number of benzene rings is 1. The van der Waals surface area contributed by atoms with Crippen molar-refractivity contribution in [1.82, 2.24) is 19.4 Å². The summed E-state index contributed by atoms with van der Waals surface area (Å²) in [4.78, 5) is 21.6. The van der Waals surface area contributed by atoms with Gasteiger partial charge in [-0.05, 0) is 49.2 Å². The van der Waals surface area contributed by atoms with Crippen molar-refractivity contribution in [2.75, 3.05) is 75.2 Å². The molecule has 2 saturated heterocycles. The molecule has 0 amide bonds. The van der Waals surface area contributed by atoms with Gasteiger partial charge in [-0.2, -0.15) is 5.10 Å². The van der Waals surface area contributed by atoms with Crippen molar-refractivity contribution in [3.8, 4) is 11.1 Å². The smallest absolute Gasteiger partial charge is 0.127 e. The first kappa shape index (κ1) is 23.5. The van der Waals surface area contributed by atoms with Gasteiger partial charge in [0.1, 0.15) is 6.29 Å². The van der Waals surface area contributed by atoms with Gasteiger partial charge in [0.05, 0.1) is 11.2 Å². The number of nitrogens with zero attached hydrogens (tertiary/aromatic N) is 6. The molecule has 3 fully saturated rings. The van der Waals surface area contributed by atoms with Crippen molar-refractivity contribution < 1.29 is 4.79 Å². The SMILES string of the molecule is CCN1CCN(c2ccc(-c3cc4c(N5CCN(CC6(C=O)CCC6)CC5)ccnn4c3)cc2)CC1. The zero-order valence-corrected chi connectivity index (χ0v) is 21.5. The summed E-state index contributed by atoms with van der Waals surface area (Å²) < 4.78 is 2.02. The highest BCUT2D eigenvalue weighted by Gasteiger charge is 2.38. The number of carbonyl (C=O) groups is 1. The van der Waals surface area contributed by atoms with Crippen LogP contribution in [0.5, 0.6) is 0 Å². The number of aldehydes is 1. The van der Waals surface area contributed by atoms with Crippen molar-refractivity contribution >= 4 is 23.2 Å². The minimum atomic E-state index is -0.0675. The van der Waals surface area contributed by atoms with Crippen LogP contribution in [0.1, 0.15) is 26.2 Å². The fourth-order valence-electron chi connectivity index (χ4n) is 6.15. The Hall–Kier alpha value is -2.90. The maximum absolute atomic E-state index is 11.6. The van der Waals surface area contributed by atoms with E-state index in [-0.39, 0.29) is 5.41 Å². The molecule has 0 N–H and O–H groups in total. The van der Waals surface area contributed by atoms with Crippen LogP contribution in [0.25, 0.3) is 16.6 Å². The Labute approximate surface area is 214 Å². The van der Waals surface area contributed by atoms with E-state index in [4.69, 9.17) is 0 Å². The lowest BCUT2D eigenvalue weighted by atomic mass is 9.69. The highest BCUT2D eigenvalue weighted by atomic mass is 16.1. The summed E-state index contributed by atoms with van der Waals surface area (Å²) in [6.45, 7) is 12.8. The standard InChI is InChI=1S/C29H38N6O/c1-2-31-12-16-33(17-13-31)26-6-4-24(5-7-26)25-20-28-27(8-11-30-35(28)21-25)34-18-14-32(15-19-34)22-29(23-36)9-3-10-29/h4-8,11,20-21,23H,2-3,9-10,12-19,22H2,1H3. The van der Waals surface area contributed by atoms with Crippen LogP contribution < -0.4 is 9.80 Å². The van der Waals surface area contributed by atoms with Gasteiger partial charge in [-0.15, -0.1) is 0 Å². The molecule has 190 valence electrons. The first-order valence-electron chi connectivity index (χ1n) is 13.7. The third kappa shape index (κ3) is 4.50. The van der Waals surface area contributed by atoms with E-state index in [1.807, 2.05) is 10.7 Å². The predicted molar refractivity (Wildman–Crippen MR) is 146 cm³/mol. The third-order valence-corrected chi connectivity index (χ3v) is 8.72. The Bertz CT molecular complexity index is 1180. The number of anilines is 2. The molecule has 0 unspecified atom stereocenters. The molecule has 7 nitrogen and oxygen atoms in total. The Morgan fingerprint density at radius 1 is 0.861 bits per heavy atom. The molecule has 4 heterocycles. The molecule has 1 aliphatic carbocycles. The maximum atomic E-state index is 11.6. The van der Waals surface area contributed by atoms with Crippen LogP contribution >= 0.6 is 0 Å². The van der Waals surface area contributed by atoms with E-state index >= 15 is 0 Å². The number of piperazine rings is 2. The highest BCUT2D eigenvalue weighted by molar-refractivity contribution is 5.80. The second-order valence-corrected chi connectivity index (χ2v) is 10.8. The lowest BCUT2D eigenvalue weighted by molar-refractivity contribution is -0.122.